The van der Waals surface area contributed by atoms with Crippen molar-refractivity contribution in [3.63, 3.8) is 0 Å². The van der Waals surface area contributed by atoms with Gasteiger partial charge in [-0.1, -0.05) is 0 Å². The first-order chi connectivity index (χ1) is 7.58. The smallest absolute Gasteiger partial charge is 0.339 e. The van der Waals surface area contributed by atoms with E-state index in [1.165, 1.54) is 12.8 Å². The van der Waals surface area contributed by atoms with E-state index in [0.29, 0.717) is 16.9 Å². The van der Waals surface area contributed by atoms with Crippen LogP contribution in [0.15, 0.2) is 6.07 Å². The third-order valence-corrected chi connectivity index (χ3v) is 2.82. The fraction of sp³-hybridized carbons (Fsp3) is 0.500. The molecule has 4 nitrogen and oxygen atoms in total. The van der Waals surface area contributed by atoms with Crippen LogP contribution in [0.1, 0.15) is 34.6 Å². The number of aryl methyl sites for hydroxylation is 2. The monoisotopic (exact) mass is 220 g/mol. The van der Waals surface area contributed by atoms with Gasteiger partial charge in [0.15, 0.2) is 0 Å². The van der Waals surface area contributed by atoms with Gasteiger partial charge >= 0.3 is 5.97 Å². The number of anilines is 1. The van der Waals surface area contributed by atoms with E-state index in [2.05, 4.69) is 10.3 Å². The lowest BCUT2D eigenvalue weighted by atomic mass is 10.1. The van der Waals surface area contributed by atoms with Crippen LogP contribution in [-0.4, -0.2) is 22.6 Å². The second kappa shape index (κ2) is 4.12. The molecule has 0 radical (unpaired) electrons. The molecule has 1 aliphatic rings. The lowest BCUT2D eigenvalue weighted by Gasteiger charge is -2.11. The van der Waals surface area contributed by atoms with Crippen molar-refractivity contribution < 1.29 is 9.90 Å². The lowest BCUT2D eigenvalue weighted by molar-refractivity contribution is 0.0696. The van der Waals surface area contributed by atoms with Crippen LogP contribution in [-0.2, 0) is 0 Å². The summed E-state index contributed by atoms with van der Waals surface area (Å²) in [7, 11) is 0. The van der Waals surface area contributed by atoms with Crippen LogP contribution < -0.4 is 5.32 Å². The van der Waals surface area contributed by atoms with Gasteiger partial charge in [0.2, 0.25) is 0 Å². The number of carboxylic acids is 1. The molecule has 0 spiro atoms. The number of aromatic nitrogens is 1. The Bertz CT molecular complexity index is 425. The maximum atomic E-state index is 11.1. The van der Waals surface area contributed by atoms with Gasteiger partial charge in [0.1, 0.15) is 5.56 Å². The second-order valence-electron chi connectivity index (χ2n) is 4.40. The molecule has 2 N–H and O–H groups in total. The molecule has 0 unspecified atom stereocenters. The second-order valence-corrected chi connectivity index (χ2v) is 4.40. The van der Waals surface area contributed by atoms with Crippen molar-refractivity contribution in [2.45, 2.75) is 26.7 Å². The van der Waals surface area contributed by atoms with E-state index in [9.17, 15) is 4.79 Å². The first-order valence-electron chi connectivity index (χ1n) is 5.53. The Balaban J connectivity index is 2.27. The Morgan fingerprint density at radius 1 is 1.56 bits per heavy atom. The molecule has 1 aromatic rings. The summed E-state index contributed by atoms with van der Waals surface area (Å²) in [6.45, 7) is 4.48. The number of hydrogen-bond donors (Lipinski definition) is 2. The molecule has 1 aliphatic carbocycles. The normalized spacial score (nSPS) is 14.9. The molecule has 4 heteroatoms. The lowest BCUT2D eigenvalue weighted by Crippen LogP contribution is -2.12. The van der Waals surface area contributed by atoms with E-state index in [1.54, 1.807) is 13.0 Å². The Kier molecular flexibility index (Phi) is 2.81. The molecule has 0 amide bonds. The maximum Gasteiger partial charge on any atom is 0.339 e. The van der Waals surface area contributed by atoms with Gasteiger partial charge < -0.3 is 10.4 Å². The average molecular weight is 220 g/mol. The number of pyridine rings is 1. The van der Waals surface area contributed by atoms with E-state index in [1.807, 2.05) is 6.92 Å². The van der Waals surface area contributed by atoms with Gasteiger partial charge in [0.25, 0.3) is 0 Å². The predicted octanol–water partition coefficient (Wildman–Crippen LogP) is 2.22. The summed E-state index contributed by atoms with van der Waals surface area (Å²) in [5.74, 6) is -0.196. The van der Waals surface area contributed by atoms with Gasteiger partial charge in [-0.25, -0.2) is 4.79 Å². The highest BCUT2D eigenvalue weighted by atomic mass is 16.4. The predicted molar refractivity (Wildman–Crippen MR) is 61.9 cm³/mol. The topological polar surface area (TPSA) is 62.2 Å². The van der Waals surface area contributed by atoms with E-state index >= 15 is 0 Å². The van der Waals surface area contributed by atoms with Crippen LogP contribution in [0.4, 0.5) is 5.69 Å². The SMILES string of the molecule is Cc1cc(NCC2CC2)c(C(=O)O)c(C)n1. The number of nitrogens with zero attached hydrogens (tertiary/aromatic N) is 1. The third kappa shape index (κ3) is 2.32. The molecule has 16 heavy (non-hydrogen) atoms. The molecular formula is C12H16N2O2. The van der Waals surface area contributed by atoms with Gasteiger partial charge in [-0.05, 0) is 38.7 Å². The van der Waals surface area contributed by atoms with Crippen molar-refractivity contribution in [3.05, 3.63) is 23.0 Å². The standard InChI is InChI=1S/C12H16N2O2/c1-7-5-10(13-6-9-3-4-9)11(12(15)16)8(2)14-7/h5,9H,3-4,6H2,1-2H3,(H,13,14)(H,15,16). The van der Waals surface area contributed by atoms with Crippen molar-refractivity contribution >= 4 is 11.7 Å². The van der Waals surface area contributed by atoms with Crippen LogP contribution in [0.25, 0.3) is 0 Å². The quantitative estimate of drug-likeness (QED) is 0.816. The van der Waals surface area contributed by atoms with Crippen LogP contribution in [0.2, 0.25) is 0 Å². The van der Waals surface area contributed by atoms with Crippen LogP contribution in [0.3, 0.4) is 0 Å². The molecule has 1 heterocycles. The molecule has 0 aliphatic heterocycles. The van der Waals surface area contributed by atoms with Crippen molar-refractivity contribution in [1.82, 2.24) is 4.98 Å². The minimum Gasteiger partial charge on any atom is -0.478 e. The van der Waals surface area contributed by atoms with Gasteiger partial charge in [-0.3, -0.25) is 4.98 Å². The minimum absolute atomic E-state index is 0.297. The minimum atomic E-state index is -0.914. The van der Waals surface area contributed by atoms with Crippen molar-refractivity contribution in [2.75, 3.05) is 11.9 Å². The van der Waals surface area contributed by atoms with E-state index < -0.39 is 5.97 Å². The van der Waals surface area contributed by atoms with Crippen molar-refractivity contribution in [1.29, 1.82) is 0 Å². The summed E-state index contributed by atoms with van der Waals surface area (Å²) < 4.78 is 0. The van der Waals surface area contributed by atoms with Gasteiger partial charge in [0.05, 0.1) is 11.4 Å². The summed E-state index contributed by atoms with van der Waals surface area (Å²) in [6.07, 6.45) is 2.50. The summed E-state index contributed by atoms with van der Waals surface area (Å²) in [6, 6.07) is 1.80. The van der Waals surface area contributed by atoms with E-state index in [4.69, 9.17) is 5.11 Å². The molecule has 1 saturated carbocycles. The summed E-state index contributed by atoms with van der Waals surface area (Å²) in [4.78, 5) is 15.3. The Morgan fingerprint density at radius 3 is 2.81 bits per heavy atom. The summed E-state index contributed by atoms with van der Waals surface area (Å²) >= 11 is 0. The Hall–Kier alpha value is -1.58. The average Bonchev–Trinajstić information content (AvgIpc) is 2.95. The highest BCUT2D eigenvalue weighted by Gasteiger charge is 2.22. The van der Waals surface area contributed by atoms with Crippen LogP contribution in [0.5, 0.6) is 0 Å². The molecule has 1 fully saturated rings. The number of rotatable bonds is 4. The molecule has 2 rings (SSSR count). The zero-order valence-electron chi connectivity index (χ0n) is 9.58. The highest BCUT2D eigenvalue weighted by molar-refractivity contribution is 5.95. The molecule has 0 aromatic carbocycles. The number of carbonyl (C=O) groups is 1. The molecule has 0 bridgehead atoms. The van der Waals surface area contributed by atoms with Gasteiger partial charge in [0, 0.05) is 12.2 Å². The summed E-state index contributed by atoms with van der Waals surface area (Å²) in [5.41, 5.74) is 2.42. The van der Waals surface area contributed by atoms with Crippen LogP contribution >= 0.6 is 0 Å². The molecule has 0 atom stereocenters. The number of hydrogen-bond acceptors (Lipinski definition) is 3. The fourth-order valence-electron chi connectivity index (χ4n) is 1.81. The molecule has 1 aromatic heterocycles. The number of carboxylic acid groups (broad SMARTS) is 1. The van der Waals surface area contributed by atoms with Crippen molar-refractivity contribution in [2.24, 2.45) is 5.92 Å². The van der Waals surface area contributed by atoms with E-state index in [0.717, 1.165) is 18.2 Å². The number of aromatic carboxylic acids is 1. The zero-order chi connectivity index (χ0) is 11.7. The summed E-state index contributed by atoms with van der Waals surface area (Å²) in [5, 5.41) is 12.4. The first kappa shape index (κ1) is 10.9. The maximum absolute atomic E-state index is 11.1. The molecular weight excluding hydrogens is 204 g/mol. The number of nitrogens with one attached hydrogen (secondary N) is 1. The van der Waals surface area contributed by atoms with Crippen molar-refractivity contribution in [3.8, 4) is 0 Å². The van der Waals surface area contributed by atoms with Gasteiger partial charge in [-0.15, -0.1) is 0 Å². The molecule has 86 valence electrons. The fourth-order valence-corrected chi connectivity index (χ4v) is 1.81. The largest absolute Gasteiger partial charge is 0.478 e. The Morgan fingerprint density at radius 2 is 2.25 bits per heavy atom. The third-order valence-electron chi connectivity index (χ3n) is 2.82. The first-order valence-corrected chi connectivity index (χ1v) is 5.53. The van der Waals surface area contributed by atoms with Gasteiger partial charge in [-0.2, -0.15) is 0 Å². The Labute approximate surface area is 94.7 Å². The van der Waals surface area contributed by atoms with Crippen LogP contribution in [0, 0.1) is 19.8 Å². The van der Waals surface area contributed by atoms with E-state index in [-0.39, 0.29) is 0 Å². The molecule has 0 saturated heterocycles. The highest BCUT2D eigenvalue weighted by Crippen LogP contribution is 2.30. The zero-order valence-corrected chi connectivity index (χ0v) is 9.58.